The minimum Gasteiger partial charge on any atom is -0.493 e. The molecule has 5 nitrogen and oxygen atoms in total. The fraction of sp³-hybridized carbons (Fsp3) is 0.562. The smallest absolute Gasteiger partial charge is 0.303 e. The van der Waals surface area contributed by atoms with Gasteiger partial charge in [-0.1, -0.05) is 12.5 Å². The van der Waals surface area contributed by atoms with Gasteiger partial charge in [0.25, 0.3) is 0 Å². The van der Waals surface area contributed by atoms with Crippen molar-refractivity contribution in [2.45, 2.75) is 32.1 Å². The summed E-state index contributed by atoms with van der Waals surface area (Å²) in [6, 6.07) is 5.95. The van der Waals surface area contributed by atoms with Gasteiger partial charge >= 0.3 is 5.97 Å². The Balaban J connectivity index is 2.16. The van der Waals surface area contributed by atoms with Gasteiger partial charge in [0.05, 0.1) is 14.2 Å². The number of rotatable bonds is 11. The van der Waals surface area contributed by atoms with E-state index in [9.17, 15) is 4.79 Å². The first-order valence-electron chi connectivity index (χ1n) is 7.30. The van der Waals surface area contributed by atoms with Crippen LogP contribution >= 0.6 is 0 Å². The van der Waals surface area contributed by atoms with Crippen LogP contribution in [0.3, 0.4) is 0 Å². The number of hydrogen-bond acceptors (Lipinski definition) is 4. The first kappa shape index (κ1) is 17.3. The van der Waals surface area contributed by atoms with Gasteiger partial charge in [0, 0.05) is 6.42 Å². The number of methoxy groups -OCH3 is 2. The molecule has 0 saturated carbocycles. The number of unbranched alkanes of at least 4 members (excludes halogenated alkanes) is 2. The summed E-state index contributed by atoms with van der Waals surface area (Å²) in [4.78, 5) is 10.4. The Labute approximate surface area is 126 Å². The van der Waals surface area contributed by atoms with Crippen molar-refractivity contribution < 1.29 is 19.4 Å². The minimum absolute atomic E-state index is 0.269. The summed E-state index contributed by atoms with van der Waals surface area (Å²) in [7, 11) is 3.26. The van der Waals surface area contributed by atoms with Gasteiger partial charge < -0.3 is 19.9 Å². The molecule has 0 radical (unpaired) electrons. The quantitative estimate of drug-likeness (QED) is 0.614. The minimum atomic E-state index is -0.712. The molecule has 0 spiro atoms. The van der Waals surface area contributed by atoms with Gasteiger partial charge in [-0.25, -0.2) is 0 Å². The molecule has 1 rings (SSSR count). The summed E-state index contributed by atoms with van der Waals surface area (Å²) in [6.07, 6.45) is 3.92. The maximum absolute atomic E-state index is 10.4. The number of carboxylic acids is 1. The van der Waals surface area contributed by atoms with Crippen LogP contribution in [-0.2, 0) is 11.2 Å². The molecular weight excluding hydrogens is 270 g/mol. The van der Waals surface area contributed by atoms with E-state index in [1.165, 1.54) is 5.56 Å². The van der Waals surface area contributed by atoms with Crippen LogP contribution < -0.4 is 14.8 Å². The van der Waals surface area contributed by atoms with Crippen molar-refractivity contribution in [1.82, 2.24) is 5.32 Å². The van der Waals surface area contributed by atoms with E-state index in [-0.39, 0.29) is 6.42 Å². The van der Waals surface area contributed by atoms with E-state index >= 15 is 0 Å². The van der Waals surface area contributed by atoms with Crippen molar-refractivity contribution >= 4 is 5.97 Å². The van der Waals surface area contributed by atoms with Crippen LogP contribution in [0.2, 0.25) is 0 Å². The molecule has 0 aliphatic carbocycles. The largest absolute Gasteiger partial charge is 0.493 e. The second-order valence-corrected chi connectivity index (χ2v) is 4.89. The lowest BCUT2D eigenvalue weighted by Crippen LogP contribution is -2.18. The standard InChI is InChI=1S/C16H25NO4/c1-20-14-8-7-13(12-15(14)21-2)9-11-17-10-5-3-4-6-16(18)19/h7-8,12,17H,3-6,9-11H2,1-2H3,(H,18,19). The zero-order chi connectivity index (χ0) is 15.5. The Morgan fingerprint density at radius 2 is 1.86 bits per heavy atom. The summed E-state index contributed by atoms with van der Waals surface area (Å²) in [5, 5.41) is 11.9. The first-order valence-corrected chi connectivity index (χ1v) is 7.30. The van der Waals surface area contributed by atoms with E-state index in [1.807, 2.05) is 18.2 Å². The van der Waals surface area contributed by atoms with Gasteiger partial charge in [-0.05, 0) is 50.0 Å². The molecule has 0 amide bonds. The zero-order valence-corrected chi connectivity index (χ0v) is 12.9. The fourth-order valence-electron chi connectivity index (χ4n) is 2.10. The monoisotopic (exact) mass is 295 g/mol. The average molecular weight is 295 g/mol. The van der Waals surface area contributed by atoms with Gasteiger partial charge in [-0.2, -0.15) is 0 Å². The Morgan fingerprint density at radius 1 is 1.10 bits per heavy atom. The molecule has 0 aliphatic heterocycles. The molecule has 0 unspecified atom stereocenters. The Bertz CT molecular complexity index is 434. The van der Waals surface area contributed by atoms with Crippen LogP contribution in [0.15, 0.2) is 18.2 Å². The van der Waals surface area contributed by atoms with Crippen molar-refractivity contribution in [1.29, 1.82) is 0 Å². The molecule has 5 heteroatoms. The highest BCUT2D eigenvalue weighted by Crippen LogP contribution is 2.27. The number of nitrogens with one attached hydrogen (secondary N) is 1. The predicted octanol–water partition coefficient (Wildman–Crippen LogP) is 2.48. The van der Waals surface area contributed by atoms with Crippen LogP contribution in [0, 0.1) is 0 Å². The summed E-state index contributed by atoms with van der Waals surface area (Å²) >= 11 is 0. The van der Waals surface area contributed by atoms with Gasteiger partial charge in [0.2, 0.25) is 0 Å². The highest BCUT2D eigenvalue weighted by Gasteiger charge is 2.04. The lowest BCUT2D eigenvalue weighted by Gasteiger charge is -2.10. The summed E-state index contributed by atoms with van der Waals surface area (Å²) in [6.45, 7) is 1.82. The SMILES string of the molecule is COc1ccc(CCNCCCCCC(=O)O)cc1OC. The molecule has 0 saturated heterocycles. The van der Waals surface area contributed by atoms with Crippen LogP contribution in [0.1, 0.15) is 31.2 Å². The second kappa shape index (κ2) is 10.0. The van der Waals surface area contributed by atoms with E-state index in [0.717, 1.165) is 50.3 Å². The van der Waals surface area contributed by atoms with Crippen LogP contribution in [0.5, 0.6) is 11.5 Å². The van der Waals surface area contributed by atoms with Crippen LogP contribution in [0.25, 0.3) is 0 Å². The molecule has 0 bridgehead atoms. The Hall–Kier alpha value is -1.75. The third-order valence-corrected chi connectivity index (χ3v) is 3.28. The zero-order valence-electron chi connectivity index (χ0n) is 12.9. The highest BCUT2D eigenvalue weighted by atomic mass is 16.5. The number of hydrogen-bond donors (Lipinski definition) is 2. The summed E-state index contributed by atoms with van der Waals surface area (Å²) < 4.78 is 10.5. The summed E-state index contributed by atoms with van der Waals surface area (Å²) in [5.74, 6) is 0.785. The molecule has 1 aromatic rings. The predicted molar refractivity (Wildman–Crippen MR) is 82.2 cm³/mol. The molecule has 1 aromatic carbocycles. The number of aliphatic carboxylic acids is 1. The maximum atomic E-state index is 10.4. The second-order valence-electron chi connectivity index (χ2n) is 4.89. The molecular formula is C16H25NO4. The van der Waals surface area contributed by atoms with Crippen molar-refractivity contribution in [3.05, 3.63) is 23.8 Å². The van der Waals surface area contributed by atoms with Gasteiger partial charge in [-0.15, -0.1) is 0 Å². The topological polar surface area (TPSA) is 67.8 Å². The highest BCUT2D eigenvalue weighted by molar-refractivity contribution is 5.66. The number of ether oxygens (including phenoxy) is 2. The molecule has 0 fully saturated rings. The van der Waals surface area contributed by atoms with Crippen LogP contribution in [-0.4, -0.2) is 38.4 Å². The third-order valence-electron chi connectivity index (χ3n) is 3.28. The van der Waals surface area contributed by atoms with Crippen molar-refractivity contribution in [2.75, 3.05) is 27.3 Å². The molecule has 0 atom stereocenters. The molecule has 118 valence electrons. The van der Waals surface area contributed by atoms with E-state index in [4.69, 9.17) is 14.6 Å². The van der Waals surface area contributed by atoms with E-state index < -0.39 is 5.97 Å². The molecule has 0 heterocycles. The van der Waals surface area contributed by atoms with Gasteiger partial charge in [0.1, 0.15) is 0 Å². The molecule has 21 heavy (non-hydrogen) atoms. The fourth-order valence-corrected chi connectivity index (χ4v) is 2.10. The van der Waals surface area contributed by atoms with E-state index in [1.54, 1.807) is 14.2 Å². The molecule has 2 N–H and O–H groups in total. The Kier molecular flexibility index (Phi) is 8.28. The number of carboxylic acid groups (broad SMARTS) is 1. The lowest BCUT2D eigenvalue weighted by atomic mass is 10.1. The van der Waals surface area contributed by atoms with Crippen molar-refractivity contribution in [3.8, 4) is 11.5 Å². The Morgan fingerprint density at radius 3 is 2.52 bits per heavy atom. The van der Waals surface area contributed by atoms with Gasteiger partial charge in [0.15, 0.2) is 11.5 Å². The third kappa shape index (κ3) is 6.99. The lowest BCUT2D eigenvalue weighted by molar-refractivity contribution is -0.137. The molecule has 0 aliphatic rings. The van der Waals surface area contributed by atoms with Crippen molar-refractivity contribution in [2.24, 2.45) is 0 Å². The van der Waals surface area contributed by atoms with Crippen LogP contribution in [0.4, 0.5) is 0 Å². The van der Waals surface area contributed by atoms with Gasteiger partial charge in [-0.3, -0.25) is 4.79 Å². The first-order chi connectivity index (χ1) is 10.2. The van der Waals surface area contributed by atoms with E-state index in [0.29, 0.717) is 0 Å². The average Bonchev–Trinajstić information content (AvgIpc) is 2.49. The maximum Gasteiger partial charge on any atom is 0.303 e. The number of benzene rings is 1. The van der Waals surface area contributed by atoms with Crippen molar-refractivity contribution in [3.63, 3.8) is 0 Å². The molecule has 0 aromatic heterocycles. The number of carbonyl (C=O) groups is 1. The summed E-state index contributed by atoms with van der Waals surface area (Å²) in [5.41, 5.74) is 1.20. The van der Waals surface area contributed by atoms with E-state index in [2.05, 4.69) is 5.32 Å². The normalized spacial score (nSPS) is 10.4.